The van der Waals surface area contributed by atoms with Crippen molar-refractivity contribution in [3.63, 3.8) is 0 Å². The van der Waals surface area contributed by atoms with Gasteiger partial charge in [0.15, 0.2) is 0 Å². The van der Waals surface area contributed by atoms with Crippen molar-refractivity contribution in [2.75, 3.05) is 19.0 Å². The summed E-state index contributed by atoms with van der Waals surface area (Å²) in [5.74, 6) is -0.138. The van der Waals surface area contributed by atoms with Crippen molar-refractivity contribution in [3.05, 3.63) is 59.9 Å². The molecule has 1 aromatic carbocycles. The van der Waals surface area contributed by atoms with E-state index in [4.69, 9.17) is 10.5 Å². The van der Waals surface area contributed by atoms with Gasteiger partial charge in [-0.1, -0.05) is 12.1 Å². The van der Waals surface area contributed by atoms with Crippen molar-refractivity contribution >= 4 is 42.4 Å². The van der Waals surface area contributed by atoms with Crippen LogP contribution in [0.1, 0.15) is 17.5 Å². The van der Waals surface area contributed by atoms with Gasteiger partial charge in [-0.2, -0.15) is 0 Å². The fraction of sp³-hybridized carbons (Fsp3) is 0.316. The lowest BCUT2D eigenvalue weighted by Crippen LogP contribution is -2.32. The third-order valence-corrected chi connectivity index (χ3v) is 3.89. The van der Waals surface area contributed by atoms with Crippen molar-refractivity contribution in [2.24, 2.45) is 5.73 Å². The molecule has 1 unspecified atom stereocenters. The molecular formula is C19H27Cl2N5O3. The Bertz CT molecular complexity index is 746. The number of halogens is 2. The van der Waals surface area contributed by atoms with Gasteiger partial charge in [-0.05, 0) is 35.4 Å². The molecule has 29 heavy (non-hydrogen) atoms. The first kappa shape index (κ1) is 26.6. The van der Waals surface area contributed by atoms with Crippen molar-refractivity contribution in [3.8, 4) is 0 Å². The van der Waals surface area contributed by atoms with E-state index in [2.05, 4.69) is 20.9 Å². The maximum absolute atomic E-state index is 12.0. The normalized spacial score (nSPS) is 10.7. The summed E-state index contributed by atoms with van der Waals surface area (Å²) in [5.41, 5.74) is 7.99. The first-order chi connectivity index (χ1) is 13.1. The first-order valence-corrected chi connectivity index (χ1v) is 8.63. The molecule has 10 heteroatoms. The van der Waals surface area contributed by atoms with Crippen LogP contribution in [0.25, 0.3) is 0 Å². The summed E-state index contributed by atoms with van der Waals surface area (Å²) < 4.78 is 5.10. The zero-order valence-corrected chi connectivity index (χ0v) is 17.7. The van der Waals surface area contributed by atoms with E-state index in [0.29, 0.717) is 18.8 Å². The van der Waals surface area contributed by atoms with Gasteiger partial charge in [-0.3, -0.25) is 9.78 Å². The summed E-state index contributed by atoms with van der Waals surface area (Å²) in [4.78, 5) is 27.8. The Balaban J connectivity index is 0.00000392. The highest BCUT2D eigenvalue weighted by atomic mass is 35.5. The lowest BCUT2D eigenvalue weighted by atomic mass is 10.2. The summed E-state index contributed by atoms with van der Waals surface area (Å²) in [6, 6.07) is 10.6. The zero-order valence-electron chi connectivity index (χ0n) is 16.1. The van der Waals surface area contributed by atoms with E-state index in [1.807, 2.05) is 30.3 Å². The molecule has 0 bridgehead atoms. The maximum Gasteiger partial charge on any atom is 0.319 e. The second-order valence-electron chi connectivity index (χ2n) is 5.94. The number of nitrogens with zero attached hydrogens (tertiary/aromatic N) is 1. The van der Waals surface area contributed by atoms with Crippen LogP contribution in [0.5, 0.6) is 0 Å². The fourth-order valence-electron chi connectivity index (χ4n) is 2.36. The predicted molar refractivity (Wildman–Crippen MR) is 117 cm³/mol. The third-order valence-electron chi connectivity index (χ3n) is 3.89. The molecule has 1 aromatic heterocycles. The zero-order chi connectivity index (χ0) is 19.5. The van der Waals surface area contributed by atoms with Gasteiger partial charge in [0, 0.05) is 44.8 Å². The lowest BCUT2D eigenvalue weighted by molar-refractivity contribution is -0.123. The molecule has 2 rings (SSSR count). The van der Waals surface area contributed by atoms with Crippen molar-refractivity contribution in [2.45, 2.75) is 25.6 Å². The Hall–Kier alpha value is -2.39. The average Bonchev–Trinajstić information content (AvgIpc) is 2.70. The largest absolute Gasteiger partial charge is 0.380 e. The van der Waals surface area contributed by atoms with Gasteiger partial charge in [-0.25, -0.2) is 4.79 Å². The highest BCUT2D eigenvalue weighted by Crippen LogP contribution is 2.11. The highest BCUT2D eigenvalue weighted by Gasteiger charge is 2.11. The smallest absolute Gasteiger partial charge is 0.319 e. The number of carbonyl (C=O) groups excluding carboxylic acids is 2. The molecule has 0 saturated heterocycles. The van der Waals surface area contributed by atoms with Crippen LogP contribution in [-0.4, -0.2) is 36.7 Å². The number of carbonyl (C=O) groups is 2. The Kier molecular flexibility index (Phi) is 13.4. The number of benzene rings is 1. The Morgan fingerprint density at radius 2 is 1.76 bits per heavy atom. The molecule has 0 spiro atoms. The van der Waals surface area contributed by atoms with Gasteiger partial charge >= 0.3 is 6.03 Å². The van der Waals surface area contributed by atoms with E-state index >= 15 is 0 Å². The number of hydrogen-bond donors (Lipinski definition) is 4. The molecule has 5 N–H and O–H groups in total. The summed E-state index contributed by atoms with van der Waals surface area (Å²) in [6.45, 7) is 1.05. The van der Waals surface area contributed by atoms with Crippen LogP contribution in [0.4, 0.5) is 10.5 Å². The van der Waals surface area contributed by atoms with Gasteiger partial charge in [0.05, 0.1) is 12.5 Å². The standard InChI is InChI=1S/C19H25N5O3.2ClH/c1-27-17(11-20)10-18(25)22-13-15-3-2-4-16(9-15)24-19(26)23-12-14-5-7-21-8-6-14;;/h2-9,17H,10-13,20H2,1H3,(H,22,25)(H2,23,24,26);2*1H. The molecule has 0 fully saturated rings. The van der Waals surface area contributed by atoms with Gasteiger partial charge in [-0.15, -0.1) is 24.8 Å². The average molecular weight is 444 g/mol. The molecule has 2 aromatic rings. The second-order valence-corrected chi connectivity index (χ2v) is 5.94. The van der Waals surface area contributed by atoms with E-state index < -0.39 is 0 Å². The number of urea groups is 1. The van der Waals surface area contributed by atoms with Crippen LogP contribution in [0.3, 0.4) is 0 Å². The number of pyridine rings is 1. The fourth-order valence-corrected chi connectivity index (χ4v) is 2.36. The predicted octanol–water partition coefficient (Wildman–Crippen LogP) is 2.23. The van der Waals surface area contributed by atoms with E-state index in [1.165, 1.54) is 7.11 Å². The first-order valence-electron chi connectivity index (χ1n) is 8.63. The van der Waals surface area contributed by atoms with E-state index in [1.54, 1.807) is 18.5 Å². The number of methoxy groups -OCH3 is 1. The van der Waals surface area contributed by atoms with Gasteiger partial charge in [0.25, 0.3) is 0 Å². The quantitative estimate of drug-likeness (QED) is 0.473. The number of amides is 3. The van der Waals surface area contributed by atoms with Gasteiger partial charge < -0.3 is 26.4 Å². The minimum atomic E-state index is -0.307. The number of ether oxygens (including phenoxy) is 1. The van der Waals surface area contributed by atoms with Gasteiger partial charge in [0.2, 0.25) is 5.91 Å². The number of anilines is 1. The van der Waals surface area contributed by atoms with Crippen molar-refractivity contribution in [1.82, 2.24) is 15.6 Å². The SMILES string of the molecule is COC(CN)CC(=O)NCc1cccc(NC(=O)NCc2ccncc2)c1.Cl.Cl. The molecule has 8 nitrogen and oxygen atoms in total. The molecule has 1 heterocycles. The number of rotatable bonds is 9. The molecule has 0 radical (unpaired) electrons. The molecule has 1 atom stereocenters. The van der Waals surface area contributed by atoms with Crippen LogP contribution < -0.4 is 21.7 Å². The number of hydrogen-bond acceptors (Lipinski definition) is 5. The summed E-state index contributed by atoms with van der Waals surface area (Å²) >= 11 is 0. The van der Waals surface area contributed by atoms with E-state index in [9.17, 15) is 9.59 Å². The maximum atomic E-state index is 12.0. The molecule has 0 aliphatic carbocycles. The van der Waals surface area contributed by atoms with Crippen molar-refractivity contribution < 1.29 is 14.3 Å². The van der Waals surface area contributed by atoms with Crippen LogP contribution >= 0.6 is 24.8 Å². The topological polar surface area (TPSA) is 118 Å². The van der Waals surface area contributed by atoms with Gasteiger partial charge in [0.1, 0.15) is 0 Å². The van der Waals surface area contributed by atoms with Crippen LogP contribution in [0.2, 0.25) is 0 Å². The Labute approximate surface area is 182 Å². The molecule has 3 amide bonds. The van der Waals surface area contributed by atoms with E-state index in [-0.39, 0.29) is 55.8 Å². The number of aromatic nitrogens is 1. The number of nitrogens with one attached hydrogen (secondary N) is 3. The highest BCUT2D eigenvalue weighted by molar-refractivity contribution is 5.89. The second kappa shape index (κ2) is 14.6. The molecular weight excluding hydrogens is 417 g/mol. The number of nitrogens with two attached hydrogens (primary N) is 1. The van der Waals surface area contributed by atoms with E-state index in [0.717, 1.165) is 11.1 Å². The third kappa shape index (κ3) is 10.1. The summed E-state index contributed by atoms with van der Waals surface area (Å²) in [7, 11) is 1.53. The Morgan fingerprint density at radius 1 is 1.07 bits per heavy atom. The minimum absolute atomic E-state index is 0. The van der Waals surface area contributed by atoms with Crippen LogP contribution in [0.15, 0.2) is 48.8 Å². The minimum Gasteiger partial charge on any atom is -0.380 e. The van der Waals surface area contributed by atoms with Crippen LogP contribution in [0, 0.1) is 0 Å². The molecule has 160 valence electrons. The van der Waals surface area contributed by atoms with Crippen molar-refractivity contribution in [1.29, 1.82) is 0 Å². The molecule has 0 saturated carbocycles. The molecule has 0 aliphatic heterocycles. The summed E-state index contributed by atoms with van der Waals surface area (Å²) in [5, 5.41) is 8.37. The monoisotopic (exact) mass is 443 g/mol. The molecule has 0 aliphatic rings. The Morgan fingerprint density at radius 3 is 2.41 bits per heavy atom. The lowest BCUT2D eigenvalue weighted by Gasteiger charge is -2.13. The van der Waals surface area contributed by atoms with Crippen LogP contribution in [-0.2, 0) is 22.6 Å². The summed E-state index contributed by atoms with van der Waals surface area (Å²) in [6.07, 6.45) is 3.27.